The van der Waals surface area contributed by atoms with Crippen molar-refractivity contribution in [2.45, 2.75) is 12.8 Å². The zero-order chi connectivity index (χ0) is 9.80. The van der Waals surface area contributed by atoms with Crippen LogP contribution in [0.25, 0.3) is 0 Å². The average molecular weight is 190 g/mol. The Balaban J connectivity index is 2.13. The molecule has 0 aromatic heterocycles. The van der Waals surface area contributed by atoms with E-state index in [1.165, 1.54) is 18.5 Å². The summed E-state index contributed by atoms with van der Waals surface area (Å²) in [6.45, 7) is 2.26. The van der Waals surface area contributed by atoms with Crippen molar-refractivity contribution in [3.05, 3.63) is 30.7 Å². The van der Waals surface area contributed by atoms with Gasteiger partial charge in [0.1, 0.15) is 5.75 Å². The highest BCUT2D eigenvalue weighted by atomic mass is 16.5. The molecule has 0 unspecified atom stereocenters. The molecule has 1 aromatic rings. The molecule has 0 amide bonds. The Kier molecular flexibility index (Phi) is 2.92. The van der Waals surface area contributed by atoms with Gasteiger partial charge in [-0.2, -0.15) is 0 Å². The average Bonchev–Trinajstić information content (AvgIpc) is 2.30. The van der Waals surface area contributed by atoms with E-state index in [0.29, 0.717) is 0 Å². The second-order valence-corrected chi connectivity index (χ2v) is 3.55. The maximum absolute atomic E-state index is 5.21. The van der Waals surface area contributed by atoms with Gasteiger partial charge < -0.3 is 9.64 Å². The molecule has 1 aromatic carbocycles. The lowest BCUT2D eigenvalue weighted by Crippen LogP contribution is -2.29. The van der Waals surface area contributed by atoms with E-state index < -0.39 is 0 Å². The summed E-state index contributed by atoms with van der Waals surface area (Å²) in [4.78, 5) is 2.41. The van der Waals surface area contributed by atoms with Crippen molar-refractivity contribution >= 4 is 5.69 Å². The van der Waals surface area contributed by atoms with Gasteiger partial charge in [-0.1, -0.05) is 6.07 Å². The zero-order valence-corrected chi connectivity index (χ0v) is 8.57. The Morgan fingerprint density at radius 1 is 1.21 bits per heavy atom. The summed E-state index contributed by atoms with van der Waals surface area (Å²) >= 11 is 0. The molecule has 2 nitrogen and oxygen atoms in total. The van der Waals surface area contributed by atoms with Crippen molar-refractivity contribution < 1.29 is 4.74 Å². The number of rotatable bonds is 2. The van der Waals surface area contributed by atoms with Gasteiger partial charge in [-0.05, 0) is 31.4 Å². The summed E-state index contributed by atoms with van der Waals surface area (Å²) in [7, 11) is 1.71. The van der Waals surface area contributed by atoms with Crippen LogP contribution in [0.2, 0.25) is 0 Å². The minimum atomic E-state index is 0.942. The number of hydrogen-bond donors (Lipinski definition) is 0. The fraction of sp³-hybridized carbons (Fsp3) is 0.417. The molecule has 0 N–H and O–H groups in total. The zero-order valence-electron chi connectivity index (χ0n) is 8.57. The van der Waals surface area contributed by atoms with Gasteiger partial charge in [-0.3, -0.25) is 0 Å². The van der Waals surface area contributed by atoms with Gasteiger partial charge in [-0.25, -0.2) is 0 Å². The Hall–Kier alpha value is -1.18. The maximum atomic E-state index is 5.21. The van der Waals surface area contributed by atoms with Crippen LogP contribution in [0.3, 0.4) is 0 Å². The van der Waals surface area contributed by atoms with Gasteiger partial charge >= 0.3 is 0 Å². The molecular formula is C12H16NO. The van der Waals surface area contributed by atoms with E-state index in [1.54, 1.807) is 7.11 Å². The van der Waals surface area contributed by atoms with E-state index in [0.717, 1.165) is 18.8 Å². The van der Waals surface area contributed by atoms with Gasteiger partial charge in [0, 0.05) is 24.8 Å². The molecule has 1 aliphatic rings. The van der Waals surface area contributed by atoms with Gasteiger partial charge in [0.25, 0.3) is 0 Å². The maximum Gasteiger partial charge on any atom is 0.120 e. The quantitative estimate of drug-likeness (QED) is 0.710. The normalized spacial score (nSPS) is 16.8. The van der Waals surface area contributed by atoms with Crippen LogP contribution in [0.4, 0.5) is 5.69 Å². The first kappa shape index (κ1) is 9.38. The molecule has 2 heteroatoms. The largest absolute Gasteiger partial charge is 0.497 e. The standard InChI is InChI=1S/C12H16NO/c1-14-12-7-5-6-11(10-12)13-8-3-2-4-9-13/h2,5-7,10H,3-4,8-9H2,1H3. The highest BCUT2D eigenvalue weighted by molar-refractivity contribution is 5.51. The van der Waals surface area contributed by atoms with Crippen LogP contribution in [-0.2, 0) is 0 Å². The lowest BCUT2D eigenvalue weighted by Gasteiger charge is -2.28. The Bertz CT molecular complexity index is 292. The Labute approximate surface area is 85.5 Å². The molecule has 0 atom stereocenters. The minimum absolute atomic E-state index is 0.942. The number of hydrogen-bond acceptors (Lipinski definition) is 2. The van der Waals surface area contributed by atoms with Gasteiger partial charge in [0.05, 0.1) is 7.11 Å². The first-order valence-corrected chi connectivity index (χ1v) is 5.11. The third-order valence-electron chi connectivity index (χ3n) is 2.62. The molecule has 75 valence electrons. The molecule has 0 saturated carbocycles. The predicted octanol–water partition coefficient (Wildman–Crippen LogP) is 2.50. The van der Waals surface area contributed by atoms with Gasteiger partial charge in [0.15, 0.2) is 0 Å². The number of benzene rings is 1. The highest BCUT2D eigenvalue weighted by Gasteiger charge is 2.10. The van der Waals surface area contributed by atoms with Crippen LogP contribution in [-0.4, -0.2) is 20.2 Å². The molecule has 0 bridgehead atoms. The van der Waals surface area contributed by atoms with Crippen LogP contribution in [0.15, 0.2) is 24.3 Å². The van der Waals surface area contributed by atoms with Crippen molar-refractivity contribution in [3.8, 4) is 5.75 Å². The predicted molar refractivity (Wildman–Crippen MR) is 58.7 cm³/mol. The number of piperidine rings is 1. The highest BCUT2D eigenvalue weighted by Crippen LogP contribution is 2.23. The Morgan fingerprint density at radius 2 is 2.00 bits per heavy atom. The van der Waals surface area contributed by atoms with Crippen LogP contribution in [0, 0.1) is 6.42 Å². The third kappa shape index (κ3) is 2.00. The second-order valence-electron chi connectivity index (χ2n) is 3.55. The van der Waals surface area contributed by atoms with E-state index in [2.05, 4.69) is 23.5 Å². The smallest absolute Gasteiger partial charge is 0.120 e. The van der Waals surface area contributed by atoms with E-state index in [-0.39, 0.29) is 0 Å². The fourth-order valence-electron chi connectivity index (χ4n) is 1.82. The van der Waals surface area contributed by atoms with Gasteiger partial charge in [0.2, 0.25) is 0 Å². The molecular weight excluding hydrogens is 174 g/mol. The van der Waals surface area contributed by atoms with E-state index >= 15 is 0 Å². The van der Waals surface area contributed by atoms with Crippen molar-refractivity contribution in [2.24, 2.45) is 0 Å². The summed E-state index contributed by atoms with van der Waals surface area (Å²) < 4.78 is 5.21. The van der Waals surface area contributed by atoms with E-state index in [1.807, 2.05) is 12.1 Å². The first-order valence-electron chi connectivity index (χ1n) is 5.11. The van der Waals surface area contributed by atoms with Crippen LogP contribution in [0.5, 0.6) is 5.75 Å². The van der Waals surface area contributed by atoms with Crippen molar-refractivity contribution in [1.29, 1.82) is 0 Å². The molecule has 1 fully saturated rings. The lowest BCUT2D eigenvalue weighted by atomic mass is 10.1. The summed E-state index contributed by atoms with van der Waals surface area (Å²) in [5, 5.41) is 0. The van der Waals surface area contributed by atoms with Crippen LogP contribution >= 0.6 is 0 Å². The fourth-order valence-corrected chi connectivity index (χ4v) is 1.82. The topological polar surface area (TPSA) is 12.5 Å². The first-order chi connectivity index (χ1) is 6.90. The monoisotopic (exact) mass is 190 g/mol. The summed E-state index contributed by atoms with van der Waals surface area (Å²) in [5.41, 5.74) is 1.28. The van der Waals surface area contributed by atoms with Crippen molar-refractivity contribution in [1.82, 2.24) is 0 Å². The van der Waals surface area contributed by atoms with Crippen LogP contribution in [0.1, 0.15) is 12.8 Å². The molecule has 1 saturated heterocycles. The van der Waals surface area contributed by atoms with E-state index in [9.17, 15) is 0 Å². The number of ether oxygens (including phenoxy) is 1. The number of methoxy groups -OCH3 is 1. The molecule has 1 radical (unpaired) electrons. The molecule has 1 aliphatic heterocycles. The van der Waals surface area contributed by atoms with Crippen molar-refractivity contribution in [3.63, 3.8) is 0 Å². The number of nitrogens with zero attached hydrogens (tertiary/aromatic N) is 1. The summed E-state index contributed by atoms with van der Waals surface area (Å²) in [5.74, 6) is 0.942. The molecule has 0 aliphatic carbocycles. The molecule has 0 spiro atoms. The minimum Gasteiger partial charge on any atom is -0.497 e. The van der Waals surface area contributed by atoms with E-state index in [4.69, 9.17) is 4.74 Å². The Morgan fingerprint density at radius 3 is 2.71 bits per heavy atom. The second kappa shape index (κ2) is 4.36. The molecule has 14 heavy (non-hydrogen) atoms. The third-order valence-corrected chi connectivity index (χ3v) is 2.62. The summed E-state index contributed by atoms with van der Waals surface area (Å²) in [6.07, 6.45) is 4.74. The molecule has 2 rings (SSSR count). The number of anilines is 1. The van der Waals surface area contributed by atoms with Crippen LogP contribution < -0.4 is 9.64 Å². The summed E-state index contributed by atoms with van der Waals surface area (Å²) in [6, 6.07) is 8.28. The van der Waals surface area contributed by atoms with Gasteiger partial charge in [-0.15, -0.1) is 0 Å². The van der Waals surface area contributed by atoms with Crippen molar-refractivity contribution in [2.75, 3.05) is 25.1 Å². The lowest BCUT2D eigenvalue weighted by molar-refractivity contribution is 0.414. The molecule has 1 heterocycles. The SMILES string of the molecule is COc1cccc(N2CC[CH]CC2)c1.